The first-order valence-corrected chi connectivity index (χ1v) is 14.0. The van der Waals surface area contributed by atoms with E-state index < -0.39 is 17.6 Å². The molecule has 0 radical (unpaired) electrons. The van der Waals surface area contributed by atoms with Gasteiger partial charge in [0.15, 0.2) is 0 Å². The molecule has 1 aromatic carbocycles. The van der Waals surface area contributed by atoms with Crippen molar-refractivity contribution in [3.05, 3.63) is 71.4 Å². The molecule has 4 aromatic heterocycles. The minimum absolute atomic E-state index is 0.0882. The van der Waals surface area contributed by atoms with Gasteiger partial charge in [0.1, 0.15) is 17.2 Å². The minimum atomic E-state index is -0.742. The van der Waals surface area contributed by atoms with Crippen LogP contribution in [0.4, 0.5) is 16.3 Å². The molecule has 11 heteroatoms. The van der Waals surface area contributed by atoms with E-state index in [-0.39, 0.29) is 6.54 Å². The summed E-state index contributed by atoms with van der Waals surface area (Å²) in [5, 5.41) is 7.89. The molecule has 0 saturated heterocycles. The van der Waals surface area contributed by atoms with Crippen molar-refractivity contribution in [2.75, 3.05) is 18.9 Å². The Morgan fingerprint density at radius 2 is 1.86 bits per heavy atom. The minimum Gasteiger partial charge on any atom is -0.443 e. The summed E-state index contributed by atoms with van der Waals surface area (Å²) in [5.74, 6) is 1.16. The number of aromatic nitrogens is 5. The van der Waals surface area contributed by atoms with Gasteiger partial charge >= 0.3 is 6.09 Å². The van der Waals surface area contributed by atoms with Crippen molar-refractivity contribution in [2.24, 2.45) is 0 Å². The Balaban J connectivity index is 1.31. The SMILES string of the molecule is Cc1ccc2c(-c3ccc(Nc4cc5nc6n(c5cn4)CCN(C)C6)c4c3CN(C(=O)OC(C)(C)C)C4=O)cnn2c1. The predicted molar refractivity (Wildman–Crippen MR) is 159 cm³/mol. The van der Waals surface area contributed by atoms with Crippen LogP contribution < -0.4 is 5.32 Å². The number of imide groups is 1. The first-order chi connectivity index (χ1) is 20.1. The van der Waals surface area contributed by atoms with Gasteiger partial charge in [-0.25, -0.2) is 24.2 Å². The van der Waals surface area contributed by atoms with Gasteiger partial charge in [-0.1, -0.05) is 12.1 Å². The van der Waals surface area contributed by atoms with Crippen molar-refractivity contribution < 1.29 is 14.3 Å². The van der Waals surface area contributed by atoms with Crippen LogP contribution in [0, 0.1) is 6.92 Å². The zero-order chi connectivity index (χ0) is 29.3. The van der Waals surface area contributed by atoms with Crippen LogP contribution in [-0.4, -0.2) is 65.1 Å². The molecule has 5 aromatic rings. The maximum Gasteiger partial charge on any atom is 0.417 e. The van der Waals surface area contributed by atoms with Gasteiger partial charge in [-0.15, -0.1) is 0 Å². The molecule has 2 aliphatic heterocycles. The van der Waals surface area contributed by atoms with Crippen molar-refractivity contribution in [3.8, 4) is 11.1 Å². The number of nitrogens with one attached hydrogen (secondary N) is 1. The Bertz CT molecular complexity index is 1920. The highest BCUT2D eigenvalue weighted by atomic mass is 16.6. The fourth-order valence-electron chi connectivity index (χ4n) is 5.78. The average molecular weight is 565 g/mol. The van der Waals surface area contributed by atoms with Gasteiger partial charge in [-0.3, -0.25) is 9.69 Å². The lowest BCUT2D eigenvalue weighted by molar-refractivity contribution is 0.0248. The van der Waals surface area contributed by atoms with Gasteiger partial charge in [0.05, 0.1) is 53.3 Å². The zero-order valence-electron chi connectivity index (χ0n) is 24.3. The number of hydrogen-bond donors (Lipinski definition) is 1. The number of rotatable bonds is 3. The van der Waals surface area contributed by atoms with E-state index in [2.05, 4.69) is 31.9 Å². The molecule has 42 heavy (non-hydrogen) atoms. The van der Waals surface area contributed by atoms with Gasteiger partial charge in [0.25, 0.3) is 5.91 Å². The molecule has 7 rings (SSSR count). The molecule has 0 aliphatic carbocycles. The molecule has 0 atom stereocenters. The third-order valence-corrected chi connectivity index (χ3v) is 7.75. The maximum absolute atomic E-state index is 13.9. The van der Waals surface area contributed by atoms with Crippen molar-refractivity contribution >= 4 is 40.1 Å². The molecule has 1 N–H and O–H groups in total. The number of aryl methyl sites for hydroxylation is 1. The van der Waals surface area contributed by atoms with Gasteiger partial charge in [0.2, 0.25) is 0 Å². The smallest absolute Gasteiger partial charge is 0.417 e. The van der Waals surface area contributed by atoms with E-state index in [4.69, 9.17) is 9.72 Å². The standard InChI is InChI=1S/C31H32N8O3/c1-18-6-9-24-20(13-33-39(24)15-18)19-7-8-22(28-21(19)16-38(29(28)40)30(41)42-31(2,3)4)34-26-12-23-25(14-32-26)37-11-10-36(5)17-27(37)35-23/h6-9,12-15H,10-11,16-17H2,1-5H3,(H,32,34). The van der Waals surface area contributed by atoms with Crippen molar-refractivity contribution in [1.82, 2.24) is 33.9 Å². The average Bonchev–Trinajstić information content (AvgIpc) is 3.60. The molecule has 11 nitrogen and oxygen atoms in total. The summed E-state index contributed by atoms with van der Waals surface area (Å²) in [6.07, 6.45) is 4.90. The number of hydrogen-bond acceptors (Lipinski definition) is 8. The van der Waals surface area contributed by atoms with E-state index in [9.17, 15) is 9.59 Å². The van der Waals surface area contributed by atoms with E-state index >= 15 is 0 Å². The largest absolute Gasteiger partial charge is 0.443 e. The van der Waals surface area contributed by atoms with E-state index in [1.807, 2.05) is 54.2 Å². The van der Waals surface area contributed by atoms with Gasteiger partial charge in [-0.05, 0) is 63.6 Å². The van der Waals surface area contributed by atoms with Gasteiger partial charge in [0, 0.05) is 30.9 Å². The summed E-state index contributed by atoms with van der Waals surface area (Å²) in [5.41, 5.74) is 6.50. The molecule has 0 fully saturated rings. The van der Waals surface area contributed by atoms with E-state index in [1.54, 1.807) is 27.0 Å². The number of nitrogens with zero attached hydrogens (tertiary/aromatic N) is 7. The molecule has 2 aliphatic rings. The van der Waals surface area contributed by atoms with Gasteiger partial charge in [-0.2, -0.15) is 5.10 Å². The number of carbonyl (C=O) groups is 2. The fraction of sp³-hybridized carbons (Fsp3) is 0.323. The molecule has 6 heterocycles. The first-order valence-electron chi connectivity index (χ1n) is 14.0. The summed E-state index contributed by atoms with van der Waals surface area (Å²) < 4.78 is 9.63. The van der Waals surface area contributed by atoms with Crippen LogP contribution in [0.2, 0.25) is 0 Å². The molecular formula is C31H32N8O3. The second kappa shape index (κ2) is 9.38. The Kier molecular flexibility index (Phi) is 5.84. The first kappa shape index (κ1) is 26.1. The van der Waals surface area contributed by atoms with Crippen LogP contribution in [0.1, 0.15) is 48.1 Å². The van der Waals surface area contributed by atoms with E-state index in [0.29, 0.717) is 17.1 Å². The highest BCUT2D eigenvalue weighted by Crippen LogP contribution is 2.40. The molecule has 0 bridgehead atoms. The van der Waals surface area contributed by atoms with E-state index in [1.165, 1.54) is 0 Å². The lowest BCUT2D eigenvalue weighted by Gasteiger charge is -2.23. The number of ether oxygens (including phenoxy) is 1. The third kappa shape index (κ3) is 4.37. The van der Waals surface area contributed by atoms with Crippen LogP contribution in [0.25, 0.3) is 27.7 Å². The van der Waals surface area contributed by atoms with Crippen LogP contribution in [0.5, 0.6) is 0 Å². The fourth-order valence-corrected chi connectivity index (χ4v) is 5.78. The molecule has 0 unspecified atom stereocenters. The van der Waals surface area contributed by atoms with Crippen molar-refractivity contribution in [2.45, 2.75) is 52.9 Å². The van der Waals surface area contributed by atoms with Gasteiger partial charge < -0.3 is 14.6 Å². The highest BCUT2D eigenvalue weighted by Gasteiger charge is 2.39. The molecule has 0 saturated carbocycles. The number of imidazole rings is 1. The zero-order valence-corrected chi connectivity index (χ0v) is 24.3. The summed E-state index contributed by atoms with van der Waals surface area (Å²) in [6, 6.07) is 9.77. The Morgan fingerprint density at radius 3 is 2.67 bits per heavy atom. The number of likely N-dealkylation sites (N-methyl/N-ethyl adjacent to an activating group) is 1. The van der Waals surface area contributed by atoms with Crippen LogP contribution >= 0.6 is 0 Å². The van der Waals surface area contributed by atoms with Crippen LogP contribution in [0.15, 0.2) is 48.9 Å². The summed E-state index contributed by atoms with van der Waals surface area (Å²) >= 11 is 0. The normalized spacial score (nSPS) is 15.4. The van der Waals surface area contributed by atoms with Crippen LogP contribution in [-0.2, 0) is 24.4 Å². The molecule has 214 valence electrons. The Hall–Kier alpha value is -4.77. The quantitative estimate of drug-likeness (QED) is 0.321. The molecule has 0 spiro atoms. The number of benzene rings is 1. The lowest BCUT2D eigenvalue weighted by atomic mass is 9.96. The monoisotopic (exact) mass is 564 g/mol. The lowest BCUT2D eigenvalue weighted by Crippen LogP contribution is -2.37. The Morgan fingerprint density at radius 1 is 1.02 bits per heavy atom. The second-order valence-electron chi connectivity index (χ2n) is 12.1. The maximum atomic E-state index is 13.9. The number of fused-ring (bicyclic) bond motifs is 5. The van der Waals surface area contributed by atoms with Crippen LogP contribution in [0.3, 0.4) is 0 Å². The second-order valence-corrected chi connectivity index (χ2v) is 12.1. The topological polar surface area (TPSA) is 110 Å². The third-order valence-electron chi connectivity index (χ3n) is 7.75. The summed E-state index contributed by atoms with van der Waals surface area (Å²) in [4.78, 5) is 39.9. The summed E-state index contributed by atoms with van der Waals surface area (Å²) in [7, 11) is 2.09. The number of carbonyl (C=O) groups excluding carboxylic acids is 2. The Labute approximate surface area is 242 Å². The molecular weight excluding hydrogens is 532 g/mol. The number of anilines is 2. The number of pyridine rings is 2. The summed E-state index contributed by atoms with van der Waals surface area (Å²) in [6.45, 7) is 10.1. The number of amides is 2. The predicted octanol–water partition coefficient (Wildman–Crippen LogP) is 5.13. The highest BCUT2D eigenvalue weighted by molar-refractivity contribution is 6.12. The van der Waals surface area contributed by atoms with Crippen molar-refractivity contribution in [3.63, 3.8) is 0 Å². The van der Waals surface area contributed by atoms with Crippen molar-refractivity contribution in [1.29, 1.82) is 0 Å². The van der Waals surface area contributed by atoms with E-state index in [0.717, 1.165) is 69.2 Å². The molecule has 2 amide bonds.